The fourth-order valence-corrected chi connectivity index (χ4v) is 6.37. The van der Waals surface area contributed by atoms with E-state index in [1.54, 1.807) is 11.3 Å². The van der Waals surface area contributed by atoms with Gasteiger partial charge in [-0.25, -0.2) is 4.98 Å². The quantitative estimate of drug-likeness (QED) is 0.320. The highest BCUT2D eigenvalue weighted by molar-refractivity contribution is 7.18. The zero-order valence-electron chi connectivity index (χ0n) is 23.1. The van der Waals surface area contributed by atoms with Crippen LogP contribution >= 0.6 is 11.3 Å². The van der Waals surface area contributed by atoms with E-state index in [2.05, 4.69) is 37.9 Å². The smallest absolute Gasteiger partial charge is 0.224 e. The van der Waals surface area contributed by atoms with Gasteiger partial charge in [0.25, 0.3) is 0 Å². The SMILES string of the molecule is C=C(CN(C)C)C(=O)CC[C@@H](NC(=O)[C@@H](CC(C)=O)Cc1nc2ccc(C(C)C)cc2s1)C1CCCC1. The zero-order valence-corrected chi connectivity index (χ0v) is 24.0. The molecule has 1 N–H and O–H groups in total. The van der Waals surface area contributed by atoms with Gasteiger partial charge in [-0.15, -0.1) is 11.3 Å². The lowest BCUT2D eigenvalue weighted by Crippen LogP contribution is -2.44. The van der Waals surface area contributed by atoms with E-state index in [-0.39, 0.29) is 29.9 Å². The summed E-state index contributed by atoms with van der Waals surface area (Å²) in [6, 6.07) is 6.27. The standard InChI is InChI=1S/C30H43N3O3S/c1-19(2)23-11-12-26-28(16-23)37-29(31-26)17-24(15-21(4)34)30(36)32-25(22-9-7-8-10-22)13-14-27(35)20(3)18-33(5)6/h11-12,16,19,22,24-25H,3,7-10,13-15,17-18H2,1-2,4-6H3,(H,32,36)/t24-,25+/m0/s1. The molecule has 0 radical (unpaired) electrons. The number of thiazole rings is 1. The third-order valence-corrected chi connectivity index (χ3v) is 8.37. The lowest BCUT2D eigenvalue weighted by Gasteiger charge is -2.27. The number of rotatable bonds is 14. The molecule has 0 bridgehead atoms. The Hall–Kier alpha value is -2.38. The molecule has 2 aromatic rings. The molecule has 2 atom stereocenters. The number of amides is 1. The molecule has 0 aliphatic heterocycles. The highest BCUT2D eigenvalue weighted by Crippen LogP contribution is 2.31. The molecule has 1 aliphatic carbocycles. The van der Waals surface area contributed by atoms with Crippen molar-refractivity contribution < 1.29 is 14.4 Å². The number of hydrogen-bond acceptors (Lipinski definition) is 6. The highest BCUT2D eigenvalue weighted by Gasteiger charge is 2.30. The summed E-state index contributed by atoms with van der Waals surface area (Å²) < 4.78 is 1.11. The lowest BCUT2D eigenvalue weighted by molar-refractivity contribution is -0.129. The Morgan fingerprint density at radius 1 is 1.19 bits per heavy atom. The van der Waals surface area contributed by atoms with E-state index in [0.29, 0.717) is 43.2 Å². The molecule has 0 saturated heterocycles. The zero-order chi connectivity index (χ0) is 27.1. The third-order valence-electron chi connectivity index (χ3n) is 7.33. The van der Waals surface area contributed by atoms with E-state index in [0.717, 1.165) is 40.9 Å². The Balaban J connectivity index is 1.72. The van der Waals surface area contributed by atoms with Gasteiger partial charge in [-0.2, -0.15) is 0 Å². The average Bonchev–Trinajstić information content (AvgIpc) is 3.49. The number of fused-ring (bicyclic) bond motifs is 1. The Morgan fingerprint density at radius 3 is 2.51 bits per heavy atom. The molecule has 0 spiro atoms. The number of likely N-dealkylation sites (N-methyl/N-ethyl adjacent to an activating group) is 1. The van der Waals surface area contributed by atoms with Gasteiger partial charge in [0.1, 0.15) is 5.78 Å². The molecule has 1 heterocycles. The summed E-state index contributed by atoms with van der Waals surface area (Å²) in [5.41, 5.74) is 2.81. The molecule has 1 fully saturated rings. The van der Waals surface area contributed by atoms with Crippen molar-refractivity contribution in [2.45, 2.75) is 84.1 Å². The topological polar surface area (TPSA) is 79.4 Å². The van der Waals surface area contributed by atoms with Crippen LogP contribution < -0.4 is 5.32 Å². The number of nitrogens with one attached hydrogen (secondary N) is 1. The molecule has 1 amide bonds. The first-order valence-corrected chi connectivity index (χ1v) is 14.4. The van der Waals surface area contributed by atoms with Crippen molar-refractivity contribution in [3.63, 3.8) is 0 Å². The molecule has 37 heavy (non-hydrogen) atoms. The van der Waals surface area contributed by atoms with Gasteiger partial charge in [-0.1, -0.05) is 39.3 Å². The van der Waals surface area contributed by atoms with Gasteiger partial charge >= 0.3 is 0 Å². The number of Topliss-reactive ketones (excluding diaryl/α,β-unsaturated/α-hetero) is 2. The fourth-order valence-electron chi connectivity index (χ4n) is 5.27. The molecule has 0 unspecified atom stereocenters. The second-order valence-corrected chi connectivity index (χ2v) is 12.4. The molecule has 1 aromatic carbocycles. The number of nitrogens with zero attached hydrogens (tertiary/aromatic N) is 2. The van der Waals surface area contributed by atoms with Gasteiger partial charge in [0.15, 0.2) is 5.78 Å². The van der Waals surface area contributed by atoms with E-state index < -0.39 is 5.92 Å². The minimum absolute atomic E-state index is 0.00376. The van der Waals surface area contributed by atoms with E-state index in [1.165, 1.54) is 12.5 Å². The molecule has 7 heteroatoms. The van der Waals surface area contributed by atoms with Crippen molar-refractivity contribution in [3.05, 3.63) is 40.9 Å². The molecule has 1 saturated carbocycles. The number of benzene rings is 1. The summed E-state index contributed by atoms with van der Waals surface area (Å²) in [6.07, 6.45) is 6.04. The Labute approximate surface area is 225 Å². The lowest BCUT2D eigenvalue weighted by atomic mass is 9.90. The van der Waals surface area contributed by atoms with Crippen LogP contribution in [0.25, 0.3) is 10.2 Å². The molecule has 6 nitrogen and oxygen atoms in total. The van der Waals surface area contributed by atoms with Crippen LogP contribution in [0.4, 0.5) is 0 Å². The molecule has 1 aliphatic rings. The van der Waals surface area contributed by atoms with Crippen molar-refractivity contribution in [3.8, 4) is 0 Å². The van der Waals surface area contributed by atoms with Crippen LogP contribution in [-0.4, -0.2) is 54.0 Å². The van der Waals surface area contributed by atoms with Gasteiger partial charge in [0, 0.05) is 37.4 Å². The normalized spacial score (nSPS) is 15.9. The first kappa shape index (κ1) is 29.2. The van der Waals surface area contributed by atoms with Gasteiger partial charge < -0.3 is 15.0 Å². The monoisotopic (exact) mass is 525 g/mol. The van der Waals surface area contributed by atoms with Gasteiger partial charge in [-0.3, -0.25) is 9.59 Å². The van der Waals surface area contributed by atoms with Crippen molar-refractivity contribution in [1.29, 1.82) is 0 Å². The number of aromatic nitrogens is 1. The second kappa shape index (κ2) is 13.4. The molecule has 202 valence electrons. The summed E-state index contributed by atoms with van der Waals surface area (Å²) in [7, 11) is 3.84. The van der Waals surface area contributed by atoms with E-state index in [9.17, 15) is 14.4 Å². The summed E-state index contributed by atoms with van der Waals surface area (Å²) in [5.74, 6) is 0.288. The maximum Gasteiger partial charge on any atom is 0.224 e. The van der Waals surface area contributed by atoms with Crippen LogP contribution in [0.2, 0.25) is 0 Å². The second-order valence-electron chi connectivity index (χ2n) is 11.3. The summed E-state index contributed by atoms with van der Waals surface area (Å²) in [4.78, 5) is 45.0. The molecule has 1 aromatic heterocycles. The van der Waals surface area contributed by atoms with Crippen LogP contribution in [0.5, 0.6) is 0 Å². The van der Waals surface area contributed by atoms with Crippen LogP contribution in [0.3, 0.4) is 0 Å². The molecule has 3 rings (SSSR count). The van der Waals surface area contributed by atoms with E-state index in [1.807, 2.05) is 25.1 Å². The fraction of sp³-hybridized carbons (Fsp3) is 0.600. The highest BCUT2D eigenvalue weighted by atomic mass is 32.1. The minimum Gasteiger partial charge on any atom is -0.353 e. The summed E-state index contributed by atoms with van der Waals surface area (Å²) in [5, 5.41) is 4.15. The maximum absolute atomic E-state index is 13.5. The van der Waals surface area contributed by atoms with Crippen molar-refractivity contribution >= 4 is 39.0 Å². The maximum atomic E-state index is 13.5. The van der Waals surface area contributed by atoms with Crippen molar-refractivity contribution in [2.75, 3.05) is 20.6 Å². The van der Waals surface area contributed by atoms with Crippen LogP contribution in [0.15, 0.2) is 30.4 Å². The number of carbonyl (C=O) groups is 3. The Kier molecular flexibility index (Phi) is 10.6. The van der Waals surface area contributed by atoms with Crippen LogP contribution in [-0.2, 0) is 20.8 Å². The molecular formula is C30H43N3O3S. The Bertz CT molecular complexity index is 1110. The minimum atomic E-state index is -0.467. The number of hydrogen-bond donors (Lipinski definition) is 1. The van der Waals surface area contributed by atoms with Gasteiger partial charge in [-0.05, 0) is 69.8 Å². The van der Waals surface area contributed by atoms with Crippen LogP contribution in [0.1, 0.15) is 82.2 Å². The predicted octanol–water partition coefficient (Wildman–Crippen LogP) is 5.70. The average molecular weight is 526 g/mol. The van der Waals surface area contributed by atoms with E-state index >= 15 is 0 Å². The van der Waals surface area contributed by atoms with Gasteiger partial charge in [0.2, 0.25) is 5.91 Å². The number of carbonyl (C=O) groups excluding carboxylic acids is 3. The first-order valence-electron chi connectivity index (χ1n) is 13.6. The van der Waals surface area contributed by atoms with Crippen molar-refractivity contribution in [1.82, 2.24) is 15.2 Å². The van der Waals surface area contributed by atoms with Crippen molar-refractivity contribution in [2.24, 2.45) is 11.8 Å². The first-order chi connectivity index (χ1) is 17.5. The summed E-state index contributed by atoms with van der Waals surface area (Å²) >= 11 is 1.61. The Morgan fingerprint density at radius 2 is 1.89 bits per heavy atom. The molecular weight excluding hydrogens is 482 g/mol. The number of ketones is 2. The largest absolute Gasteiger partial charge is 0.353 e. The van der Waals surface area contributed by atoms with Gasteiger partial charge in [0.05, 0.1) is 21.1 Å². The van der Waals surface area contributed by atoms with E-state index in [4.69, 9.17) is 4.98 Å². The summed E-state index contributed by atoms with van der Waals surface area (Å²) in [6.45, 7) is 10.4. The predicted molar refractivity (Wildman–Crippen MR) is 152 cm³/mol. The van der Waals surface area contributed by atoms with Crippen LogP contribution in [0, 0.1) is 11.8 Å². The third kappa shape index (κ3) is 8.57.